The number of aliphatic imine (C=N–C) groups is 1. The second-order valence-corrected chi connectivity index (χ2v) is 19.0. The van der Waals surface area contributed by atoms with E-state index in [-0.39, 0.29) is 54.2 Å². The Labute approximate surface area is 385 Å². The second kappa shape index (κ2) is 19.8. The van der Waals surface area contributed by atoms with Crippen molar-refractivity contribution in [1.82, 2.24) is 35.1 Å². The van der Waals surface area contributed by atoms with Crippen molar-refractivity contribution >= 4 is 29.7 Å². The van der Waals surface area contributed by atoms with Gasteiger partial charge in [-0.3, -0.25) is 14.6 Å². The number of aromatic nitrogens is 4. The Kier molecular flexibility index (Phi) is 13.3. The molecule has 10 rings (SSSR count). The van der Waals surface area contributed by atoms with Gasteiger partial charge in [0, 0.05) is 81.1 Å². The lowest BCUT2D eigenvalue weighted by atomic mass is 9.79. The molecule has 0 radical (unpaired) electrons. The standard InChI is InChI=1S/C50H62FN9O6/c51-38-25-34(39-26-32-10-11-33(24-35(32)27-53-39)40-28-54-46(56-40)42-8-4-18-59(42)48(61)44(52)30-14-20-64-21-15-30)12-13-37(38)41-29-55-47(57-41)43-9-5-19-60(43)49(62)45(31-6-2-1-3-7-31)58-50(63)66-36-16-22-65-23-17-36/h1-2,6,12-13,24,26-30,32-33,36,38,42-45H,3-5,7-11,14-23,25,52H2,(H,54,56)(H,55,57)(H,58,63). The number of nitrogens with one attached hydrogen (secondary N) is 3. The molecule has 2 aromatic rings. The van der Waals surface area contributed by atoms with Gasteiger partial charge in [0.05, 0.1) is 48.9 Å². The zero-order valence-corrected chi connectivity index (χ0v) is 37.5. The number of nitrogens with zero attached hydrogens (tertiary/aromatic N) is 5. The predicted octanol–water partition coefficient (Wildman–Crippen LogP) is 6.90. The van der Waals surface area contributed by atoms with Gasteiger partial charge >= 0.3 is 6.09 Å². The summed E-state index contributed by atoms with van der Waals surface area (Å²) in [5, 5.41) is 2.90. The first kappa shape index (κ1) is 44.4. The summed E-state index contributed by atoms with van der Waals surface area (Å²) >= 11 is 0. The molecule has 0 bridgehead atoms. The zero-order valence-electron chi connectivity index (χ0n) is 37.5. The quantitative estimate of drug-likeness (QED) is 0.186. The number of nitrogens with two attached hydrogens (primary N) is 1. The maximum atomic E-state index is 16.2. The third-order valence-corrected chi connectivity index (χ3v) is 14.9. The number of rotatable bonds is 11. The summed E-state index contributed by atoms with van der Waals surface area (Å²) in [5.74, 6) is 1.71. The maximum Gasteiger partial charge on any atom is 0.408 e. The number of fused-ring (bicyclic) bond motifs is 1. The van der Waals surface area contributed by atoms with Crippen LogP contribution in [-0.2, 0) is 23.8 Å². The average Bonchev–Trinajstić information content (AvgIpc) is 4.21. The Balaban J connectivity index is 0.778. The molecule has 2 aromatic heterocycles. The molecule has 7 atom stereocenters. The van der Waals surface area contributed by atoms with Gasteiger partial charge in [0.1, 0.15) is 30.0 Å². The van der Waals surface area contributed by atoms with Gasteiger partial charge in [0.2, 0.25) is 11.8 Å². The lowest BCUT2D eigenvalue weighted by Crippen LogP contribution is -2.50. The van der Waals surface area contributed by atoms with Crippen LogP contribution in [0.4, 0.5) is 9.18 Å². The highest BCUT2D eigenvalue weighted by Gasteiger charge is 2.40. The van der Waals surface area contributed by atoms with Crippen molar-refractivity contribution in [2.24, 2.45) is 22.6 Å². The third kappa shape index (κ3) is 9.41. The summed E-state index contributed by atoms with van der Waals surface area (Å²) in [6, 6.07) is -1.82. The zero-order chi connectivity index (χ0) is 45.1. The van der Waals surface area contributed by atoms with Crippen LogP contribution in [0.3, 0.4) is 0 Å². The van der Waals surface area contributed by atoms with E-state index in [0.29, 0.717) is 82.3 Å². The molecule has 7 heterocycles. The van der Waals surface area contributed by atoms with Gasteiger partial charge in [-0.25, -0.2) is 19.2 Å². The Bertz CT molecular complexity index is 2370. The molecular formula is C50H62FN9O6. The molecule has 15 nitrogen and oxygen atoms in total. The Morgan fingerprint density at radius 3 is 2.29 bits per heavy atom. The molecule has 8 aliphatic rings. The fourth-order valence-corrected chi connectivity index (χ4v) is 11.1. The first-order chi connectivity index (χ1) is 32.3. The first-order valence-corrected chi connectivity index (χ1v) is 24.2. The van der Waals surface area contributed by atoms with E-state index in [1.165, 1.54) is 0 Å². The second-order valence-electron chi connectivity index (χ2n) is 19.0. The minimum Gasteiger partial charge on any atom is -0.446 e. The van der Waals surface area contributed by atoms with Crippen LogP contribution in [0.25, 0.3) is 5.57 Å². The molecular weight excluding hydrogens is 842 g/mol. The number of aromatic amines is 2. The van der Waals surface area contributed by atoms with E-state index in [2.05, 4.69) is 32.4 Å². The van der Waals surface area contributed by atoms with Gasteiger partial charge in [0.25, 0.3) is 0 Å². The Morgan fingerprint density at radius 2 is 1.55 bits per heavy atom. The topological polar surface area (TPSA) is 193 Å². The van der Waals surface area contributed by atoms with Crippen LogP contribution in [0.1, 0.15) is 125 Å². The van der Waals surface area contributed by atoms with Crippen molar-refractivity contribution in [3.8, 4) is 0 Å². The van der Waals surface area contributed by atoms with E-state index < -0.39 is 24.3 Å². The largest absolute Gasteiger partial charge is 0.446 e. The van der Waals surface area contributed by atoms with Gasteiger partial charge in [-0.1, -0.05) is 42.5 Å². The minimum atomic E-state index is -1.27. The molecule has 4 saturated heterocycles. The normalized spacial score (nSPS) is 28.2. The van der Waals surface area contributed by atoms with Gasteiger partial charge < -0.3 is 45.0 Å². The van der Waals surface area contributed by atoms with Gasteiger partial charge in [-0.05, 0) is 86.8 Å². The number of carbonyl (C=O) groups excluding carboxylic acids is 3. The van der Waals surface area contributed by atoms with Crippen molar-refractivity contribution < 1.29 is 33.0 Å². The van der Waals surface area contributed by atoms with Crippen molar-refractivity contribution in [1.29, 1.82) is 0 Å². The number of allylic oxidation sites excluding steroid dienone is 10. The molecule has 16 heteroatoms. The summed E-state index contributed by atoms with van der Waals surface area (Å²) in [6.45, 7) is 3.60. The molecule has 0 saturated carbocycles. The highest BCUT2D eigenvalue weighted by molar-refractivity contribution is 5.89. The average molecular weight is 904 g/mol. The van der Waals surface area contributed by atoms with Crippen LogP contribution >= 0.6 is 0 Å². The van der Waals surface area contributed by atoms with E-state index >= 15 is 4.39 Å². The van der Waals surface area contributed by atoms with Crippen molar-refractivity contribution in [2.75, 3.05) is 39.5 Å². The fraction of sp³-hybridized carbons (Fsp3) is 0.560. The summed E-state index contributed by atoms with van der Waals surface area (Å²) in [5.41, 5.74) is 12.3. The number of H-pyrrole nitrogens is 2. The van der Waals surface area contributed by atoms with E-state index in [1.807, 2.05) is 47.7 Å². The Morgan fingerprint density at radius 1 is 0.833 bits per heavy atom. The summed E-state index contributed by atoms with van der Waals surface area (Å²) < 4.78 is 32.8. The molecule has 66 heavy (non-hydrogen) atoms. The number of alkyl halides is 1. The molecule has 5 N–H and O–H groups in total. The molecule has 3 amide bonds. The van der Waals surface area contributed by atoms with Crippen LogP contribution in [0, 0.1) is 11.8 Å². The van der Waals surface area contributed by atoms with E-state index in [4.69, 9.17) is 29.9 Å². The SMILES string of the molecule is NC(C(=O)N1CCCC1c1ncc(C2C=C3C=NC(C4=CC=C(c5cnc(C6CCCN6C(=O)C(NC(=O)OC6CCOCC6)C6=CC=CCC6)[nH]5)C(F)C4)=CC3CC2)[nH]1)C1CCOCC1. The molecule has 4 fully saturated rings. The number of likely N-dealkylation sites (tertiary alicyclic amines) is 2. The summed E-state index contributed by atoms with van der Waals surface area (Å²) in [6.07, 6.45) is 27.1. The molecule has 350 valence electrons. The molecule has 0 aromatic carbocycles. The number of hydrogen-bond acceptors (Lipinski definition) is 10. The lowest BCUT2D eigenvalue weighted by Gasteiger charge is -2.32. The predicted molar refractivity (Wildman–Crippen MR) is 245 cm³/mol. The smallest absolute Gasteiger partial charge is 0.408 e. The molecule has 3 aliphatic carbocycles. The van der Waals surface area contributed by atoms with Crippen molar-refractivity contribution in [2.45, 2.75) is 126 Å². The fourth-order valence-electron chi connectivity index (χ4n) is 11.1. The van der Waals surface area contributed by atoms with Crippen molar-refractivity contribution in [3.05, 3.63) is 100 Å². The number of halogens is 1. The minimum absolute atomic E-state index is 0.0123. The van der Waals surface area contributed by atoms with E-state index in [9.17, 15) is 14.4 Å². The Hall–Kier alpha value is -5.45. The molecule has 5 aliphatic heterocycles. The summed E-state index contributed by atoms with van der Waals surface area (Å²) in [7, 11) is 0. The van der Waals surface area contributed by atoms with Crippen molar-refractivity contribution in [3.63, 3.8) is 0 Å². The van der Waals surface area contributed by atoms with Gasteiger partial charge in [-0.2, -0.15) is 0 Å². The molecule has 7 unspecified atom stereocenters. The van der Waals surface area contributed by atoms with E-state index in [0.717, 1.165) is 85.3 Å². The van der Waals surface area contributed by atoms with Crippen LogP contribution < -0.4 is 11.1 Å². The number of imidazole rings is 2. The van der Waals surface area contributed by atoms with E-state index in [1.54, 1.807) is 11.1 Å². The van der Waals surface area contributed by atoms with Crippen LogP contribution in [-0.4, -0.2) is 118 Å². The maximum absolute atomic E-state index is 16.2. The lowest BCUT2D eigenvalue weighted by molar-refractivity contribution is -0.136. The monoisotopic (exact) mass is 903 g/mol. The highest BCUT2D eigenvalue weighted by atomic mass is 19.1. The van der Waals surface area contributed by atoms with Crippen LogP contribution in [0.15, 0.2) is 82.3 Å². The highest BCUT2D eigenvalue weighted by Crippen LogP contribution is 2.41. The first-order valence-electron chi connectivity index (χ1n) is 24.2. The van der Waals surface area contributed by atoms with Crippen LogP contribution in [0.5, 0.6) is 0 Å². The summed E-state index contributed by atoms with van der Waals surface area (Å²) in [4.78, 5) is 66.0. The van der Waals surface area contributed by atoms with Gasteiger partial charge in [0.15, 0.2) is 0 Å². The van der Waals surface area contributed by atoms with Gasteiger partial charge in [-0.15, -0.1) is 0 Å². The number of ether oxygens (including phenoxy) is 3. The number of amides is 3. The van der Waals surface area contributed by atoms with Crippen LogP contribution in [0.2, 0.25) is 0 Å². The number of hydrogen-bond donors (Lipinski definition) is 4. The number of carbonyl (C=O) groups is 3. The molecule has 0 spiro atoms. The third-order valence-electron chi connectivity index (χ3n) is 14.9. The number of alkyl carbamates (subject to hydrolysis) is 1.